The number of nitrogens with zero attached hydrogens (tertiary/aromatic N) is 1. The number of nitrogens with one attached hydrogen (secondary N) is 1. The first-order chi connectivity index (χ1) is 18.9. The first kappa shape index (κ1) is 28.9. The molecule has 8 nitrogen and oxygen atoms in total. The lowest BCUT2D eigenvalue weighted by Crippen LogP contribution is -2.42. The lowest BCUT2D eigenvalue weighted by atomic mass is 10.0. The van der Waals surface area contributed by atoms with Crippen molar-refractivity contribution in [2.24, 2.45) is 0 Å². The second kappa shape index (κ2) is 14.9. The summed E-state index contributed by atoms with van der Waals surface area (Å²) in [6, 6.07) is 20.0. The van der Waals surface area contributed by atoms with E-state index in [4.69, 9.17) is 14.7 Å². The maximum atomic E-state index is 12.5. The third-order valence-corrected chi connectivity index (χ3v) is 6.04. The van der Waals surface area contributed by atoms with Crippen molar-refractivity contribution in [1.82, 2.24) is 5.32 Å². The molecule has 0 aliphatic rings. The number of hydrogen-bond donors (Lipinski definition) is 2. The highest BCUT2D eigenvalue weighted by molar-refractivity contribution is 5.97. The third-order valence-electron chi connectivity index (χ3n) is 6.04. The number of hydrogen-bond acceptors (Lipinski definition) is 6. The van der Waals surface area contributed by atoms with Crippen LogP contribution in [0, 0.1) is 11.3 Å². The van der Waals surface area contributed by atoms with Crippen LogP contribution in [-0.4, -0.2) is 35.6 Å². The quantitative estimate of drug-likeness (QED) is 0.160. The van der Waals surface area contributed by atoms with Crippen LogP contribution < -0.4 is 14.8 Å². The molecule has 0 aliphatic heterocycles. The Balaban J connectivity index is 1.51. The van der Waals surface area contributed by atoms with E-state index in [1.54, 1.807) is 60.7 Å². The number of rotatable bonds is 14. The number of nitriles is 1. The fourth-order valence-corrected chi connectivity index (χ4v) is 3.85. The van der Waals surface area contributed by atoms with Crippen molar-refractivity contribution in [2.75, 3.05) is 6.61 Å². The minimum atomic E-state index is -1.20. The molecule has 0 unspecified atom stereocenters. The van der Waals surface area contributed by atoms with Crippen LogP contribution in [0.2, 0.25) is 0 Å². The number of unbranched alkanes of at least 4 members (excludes halogenated alkanes) is 4. The summed E-state index contributed by atoms with van der Waals surface area (Å²) in [4.78, 5) is 36.8. The Bertz CT molecular complexity index is 1300. The van der Waals surface area contributed by atoms with Gasteiger partial charge in [0.15, 0.2) is 0 Å². The standard InChI is InChI=1S/C31H32N2O6/c1-2-3-4-5-6-18-38-26-16-12-24(13-17-26)31(37)39-27-14-10-22(11-15-27)20-28(30(35)36)33-29(34)25-9-7-8-23(19-25)21-32/h7-17,19,28H,2-6,18,20H2,1H3,(H,33,34)(H,35,36)/t28-/m0/s1. The Morgan fingerprint density at radius 1 is 0.897 bits per heavy atom. The molecule has 1 atom stereocenters. The first-order valence-corrected chi connectivity index (χ1v) is 13.0. The number of aliphatic carboxylic acids is 1. The summed E-state index contributed by atoms with van der Waals surface area (Å²) >= 11 is 0. The number of amides is 1. The van der Waals surface area contributed by atoms with E-state index in [1.807, 2.05) is 6.07 Å². The number of carbonyl (C=O) groups excluding carboxylic acids is 2. The van der Waals surface area contributed by atoms with E-state index in [2.05, 4.69) is 12.2 Å². The molecule has 0 bridgehead atoms. The van der Waals surface area contributed by atoms with Gasteiger partial charge in [-0.2, -0.15) is 5.26 Å². The maximum Gasteiger partial charge on any atom is 0.343 e. The van der Waals surface area contributed by atoms with Gasteiger partial charge in [0, 0.05) is 12.0 Å². The summed E-state index contributed by atoms with van der Waals surface area (Å²) in [5, 5.41) is 21.1. The summed E-state index contributed by atoms with van der Waals surface area (Å²) in [6.07, 6.45) is 5.81. The molecular formula is C31H32N2O6. The fraction of sp³-hybridized carbons (Fsp3) is 0.290. The minimum Gasteiger partial charge on any atom is -0.494 e. The molecule has 2 N–H and O–H groups in total. The molecule has 0 heterocycles. The van der Waals surface area contributed by atoms with Gasteiger partial charge in [-0.15, -0.1) is 0 Å². The van der Waals surface area contributed by atoms with Gasteiger partial charge in [-0.3, -0.25) is 4.79 Å². The van der Waals surface area contributed by atoms with Crippen LogP contribution in [0.3, 0.4) is 0 Å². The van der Waals surface area contributed by atoms with E-state index < -0.39 is 23.9 Å². The molecule has 3 rings (SSSR count). The number of carboxylic acid groups (broad SMARTS) is 1. The molecule has 39 heavy (non-hydrogen) atoms. The molecule has 0 saturated heterocycles. The second-order valence-electron chi connectivity index (χ2n) is 9.08. The monoisotopic (exact) mass is 528 g/mol. The lowest BCUT2D eigenvalue weighted by molar-refractivity contribution is -0.139. The molecule has 202 valence electrons. The van der Waals surface area contributed by atoms with Crippen LogP contribution in [-0.2, 0) is 11.2 Å². The highest BCUT2D eigenvalue weighted by Crippen LogP contribution is 2.18. The Morgan fingerprint density at radius 3 is 2.26 bits per heavy atom. The van der Waals surface area contributed by atoms with Crippen molar-refractivity contribution < 1.29 is 29.0 Å². The van der Waals surface area contributed by atoms with Crippen LogP contribution in [0.4, 0.5) is 0 Å². The van der Waals surface area contributed by atoms with Crippen molar-refractivity contribution in [3.8, 4) is 17.6 Å². The predicted molar refractivity (Wildman–Crippen MR) is 146 cm³/mol. The van der Waals surface area contributed by atoms with E-state index in [-0.39, 0.29) is 12.0 Å². The Labute approximate surface area is 228 Å². The van der Waals surface area contributed by atoms with Gasteiger partial charge in [-0.05, 0) is 66.6 Å². The molecule has 8 heteroatoms. The average molecular weight is 529 g/mol. The lowest BCUT2D eigenvalue weighted by Gasteiger charge is -2.15. The van der Waals surface area contributed by atoms with Crippen molar-refractivity contribution in [3.05, 3.63) is 95.1 Å². The molecule has 0 aromatic heterocycles. The van der Waals surface area contributed by atoms with E-state index in [0.717, 1.165) is 12.8 Å². The molecule has 0 saturated carbocycles. The SMILES string of the molecule is CCCCCCCOc1ccc(C(=O)Oc2ccc(C[C@H](NC(=O)c3cccc(C#N)c3)C(=O)O)cc2)cc1. The Hall–Kier alpha value is -4.64. The summed E-state index contributed by atoms with van der Waals surface area (Å²) in [7, 11) is 0. The molecule has 0 aliphatic carbocycles. The molecular weight excluding hydrogens is 496 g/mol. The van der Waals surface area contributed by atoms with Crippen LogP contribution in [0.1, 0.15) is 70.9 Å². The molecule has 0 spiro atoms. The average Bonchev–Trinajstić information content (AvgIpc) is 2.95. The molecule has 1 amide bonds. The first-order valence-electron chi connectivity index (χ1n) is 13.0. The zero-order chi connectivity index (χ0) is 28.0. The number of carbonyl (C=O) groups is 3. The van der Waals surface area contributed by atoms with E-state index in [9.17, 15) is 19.5 Å². The zero-order valence-electron chi connectivity index (χ0n) is 21.9. The highest BCUT2D eigenvalue weighted by atomic mass is 16.5. The Kier molecular flexibility index (Phi) is 11.1. The third kappa shape index (κ3) is 9.31. The van der Waals surface area contributed by atoms with Gasteiger partial charge >= 0.3 is 11.9 Å². The number of esters is 1. The Morgan fingerprint density at radius 2 is 1.59 bits per heavy atom. The van der Waals surface area contributed by atoms with Gasteiger partial charge in [0.25, 0.3) is 5.91 Å². The number of ether oxygens (including phenoxy) is 2. The van der Waals surface area contributed by atoms with Crippen LogP contribution in [0.25, 0.3) is 0 Å². The van der Waals surface area contributed by atoms with Crippen molar-refractivity contribution in [1.29, 1.82) is 5.26 Å². The topological polar surface area (TPSA) is 126 Å². The van der Waals surface area contributed by atoms with Gasteiger partial charge < -0.3 is 19.9 Å². The van der Waals surface area contributed by atoms with E-state index in [1.165, 1.54) is 31.4 Å². The second-order valence-corrected chi connectivity index (χ2v) is 9.08. The number of carboxylic acids is 1. The zero-order valence-corrected chi connectivity index (χ0v) is 21.9. The van der Waals surface area contributed by atoms with Crippen molar-refractivity contribution in [2.45, 2.75) is 51.5 Å². The highest BCUT2D eigenvalue weighted by Gasteiger charge is 2.21. The van der Waals surface area contributed by atoms with Gasteiger partial charge in [0.1, 0.15) is 17.5 Å². The van der Waals surface area contributed by atoms with Gasteiger partial charge in [-0.1, -0.05) is 50.8 Å². The van der Waals surface area contributed by atoms with Gasteiger partial charge in [0.05, 0.1) is 23.8 Å². The minimum absolute atomic E-state index is 0.0211. The fourth-order valence-electron chi connectivity index (χ4n) is 3.85. The molecule has 0 fully saturated rings. The van der Waals surface area contributed by atoms with Crippen molar-refractivity contribution in [3.63, 3.8) is 0 Å². The summed E-state index contributed by atoms with van der Waals surface area (Å²) in [6.45, 7) is 2.82. The normalized spacial score (nSPS) is 11.2. The van der Waals surface area contributed by atoms with E-state index in [0.29, 0.717) is 34.8 Å². The molecule has 3 aromatic rings. The van der Waals surface area contributed by atoms with Gasteiger partial charge in [0.2, 0.25) is 0 Å². The summed E-state index contributed by atoms with van der Waals surface area (Å²) < 4.78 is 11.2. The summed E-state index contributed by atoms with van der Waals surface area (Å²) in [5.74, 6) is -1.30. The molecule has 3 aromatic carbocycles. The van der Waals surface area contributed by atoms with Crippen LogP contribution in [0.15, 0.2) is 72.8 Å². The predicted octanol–water partition coefficient (Wildman–Crippen LogP) is 5.55. The van der Waals surface area contributed by atoms with Crippen molar-refractivity contribution >= 4 is 17.8 Å². The van der Waals surface area contributed by atoms with Gasteiger partial charge in [-0.25, -0.2) is 9.59 Å². The van der Waals surface area contributed by atoms with Crippen LogP contribution in [0.5, 0.6) is 11.5 Å². The van der Waals surface area contributed by atoms with E-state index >= 15 is 0 Å². The molecule has 0 radical (unpaired) electrons. The van der Waals surface area contributed by atoms with Crippen LogP contribution >= 0.6 is 0 Å². The summed E-state index contributed by atoms with van der Waals surface area (Å²) in [5.41, 5.74) is 1.51. The maximum absolute atomic E-state index is 12.5. The smallest absolute Gasteiger partial charge is 0.343 e. The number of benzene rings is 3. The largest absolute Gasteiger partial charge is 0.494 e.